The second-order valence-electron chi connectivity index (χ2n) is 2.26. The maximum Gasteiger partial charge on any atom is -0.00393 e. The summed E-state index contributed by atoms with van der Waals surface area (Å²) in [6.45, 7) is 8.31. The van der Waals surface area contributed by atoms with Crippen molar-refractivity contribution < 1.29 is 0 Å². The molecule has 0 unspecified atom stereocenters. The normalized spacial score (nSPS) is 10.7. The summed E-state index contributed by atoms with van der Waals surface area (Å²) in [5.41, 5.74) is 0. The molecular weight excluding hydrogens is 128 g/mol. The van der Waals surface area contributed by atoms with Gasteiger partial charge in [-0.15, -0.1) is 0 Å². The van der Waals surface area contributed by atoms with Crippen molar-refractivity contribution in [1.82, 2.24) is 0 Å². The molecule has 0 aliphatic rings. The molecule has 0 fully saturated rings. The van der Waals surface area contributed by atoms with Crippen molar-refractivity contribution in [3.05, 3.63) is 6.92 Å². The van der Waals surface area contributed by atoms with Crippen molar-refractivity contribution in [1.29, 1.82) is 0 Å². The molecule has 0 rings (SSSR count). The first-order chi connectivity index (χ1) is 4.35. The Bertz CT molecular complexity index is 48.5. The van der Waals surface area contributed by atoms with Gasteiger partial charge in [-0.05, 0) is 24.3 Å². The van der Waals surface area contributed by atoms with Gasteiger partial charge >= 0.3 is 0 Å². The predicted molar refractivity (Wildman–Crippen MR) is 46.8 cm³/mol. The molecule has 0 aromatic carbocycles. The third-order valence-corrected chi connectivity index (χ3v) is 2.65. The molecule has 0 atom stereocenters. The van der Waals surface area contributed by atoms with E-state index in [0.717, 1.165) is 11.7 Å². The predicted octanol–water partition coefficient (Wildman–Crippen LogP) is 2.99. The molecule has 0 nitrogen and oxygen atoms in total. The minimum absolute atomic E-state index is 0.928. The van der Waals surface area contributed by atoms with Gasteiger partial charge in [0.2, 0.25) is 0 Å². The van der Waals surface area contributed by atoms with Crippen LogP contribution in [0.25, 0.3) is 0 Å². The van der Waals surface area contributed by atoms with Crippen LogP contribution in [0.2, 0.25) is 0 Å². The van der Waals surface area contributed by atoms with E-state index in [-0.39, 0.29) is 0 Å². The Morgan fingerprint density at radius 2 is 1.89 bits per heavy atom. The zero-order valence-electron chi connectivity index (χ0n) is 6.52. The van der Waals surface area contributed by atoms with Crippen LogP contribution in [-0.4, -0.2) is 11.5 Å². The number of hydrogen-bond donors (Lipinski definition) is 0. The lowest BCUT2D eigenvalue weighted by Gasteiger charge is -2.09. The lowest BCUT2D eigenvalue weighted by molar-refractivity contribution is 0.554. The smallest absolute Gasteiger partial charge is 0.00393 e. The highest BCUT2D eigenvalue weighted by molar-refractivity contribution is 7.99. The van der Waals surface area contributed by atoms with Crippen LogP contribution >= 0.6 is 11.8 Å². The van der Waals surface area contributed by atoms with Crippen molar-refractivity contribution in [2.24, 2.45) is 5.92 Å². The molecule has 0 saturated carbocycles. The Balaban J connectivity index is 3.09. The number of rotatable bonds is 5. The SMILES string of the molecule is [CH2]CSCC(CC)CC. The quantitative estimate of drug-likeness (QED) is 0.573. The van der Waals surface area contributed by atoms with Crippen LogP contribution in [-0.2, 0) is 0 Å². The Labute approximate surface area is 63.4 Å². The molecule has 0 spiro atoms. The third-order valence-electron chi connectivity index (χ3n) is 1.65. The topological polar surface area (TPSA) is 0 Å². The molecule has 0 bridgehead atoms. The average Bonchev–Trinajstić information content (AvgIpc) is 1.91. The van der Waals surface area contributed by atoms with E-state index in [0.29, 0.717) is 0 Å². The van der Waals surface area contributed by atoms with Gasteiger partial charge in [0.1, 0.15) is 0 Å². The monoisotopic (exact) mass is 145 g/mol. The van der Waals surface area contributed by atoms with E-state index >= 15 is 0 Å². The summed E-state index contributed by atoms with van der Waals surface area (Å²) < 4.78 is 0. The maximum atomic E-state index is 3.79. The van der Waals surface area contributed by atoms with E-state index in [2.05, 4.69) is 20.8 Å². The average molecular weight is 145 g/mol. The molecule has 0 amide bonds. The lowest BCUT2D eigenvalue weighted by atomic mass is 10.1. The fraction of sp³-hybridized carbons (Fsp3) is 0.875. The molecule has 55 valence electrons. The summed E-state index contributed by atoms with van der Waals surface area (Å²) in [7, 11) is 0. The van der Waals surface area contributed by atoms with Gasteiger partial charge in [0.15, 0.2) is 0 Å². The first-order valence-electron chi connectivity index (χ1n) is 3.72. The van der Waals surface area contributed by atoms with Crippen LogP contribution in [0.1, 0.15) is 26.7 Å². The van der Waals surface area contributed by atoms with Crippen molar-refractivity contribution in [3.63, 3.8) is 0 Å². The second-order valence-corrected chi connectivity index (χ2v) is 3.41. The molecule has 1 heteroatoms. The van der Waals surface area contributed by atoms with E-state index in [1.165, 1.54) is 18.6 Å². The standard InChI is InChI=1S/C8H17S/c1-4-8(5-2)7-9-6-3/h8H,3-7H2,1-2H3. The molecule has 1 radical (unpaired) electrons. The van der Waals surface area contributed by atoms with E-state index in [9.17, 15) is 0 Å². The van der Waals surface area contributed by atoms with Gasteiger partial charge in [0.05, 0.1) is 0 Å². The lowest BCUT2D eigenvalue weighted by Crippen LogP contribution is -1.99. The van der Waals surface area contributed by atoms with Gasteiger partial charge in [0, 0.05) is 0 Å². The van der Waals surface area contributed by atoms with Crippen molar-refractivity contribution >= 4 is 11.8 Å². The summed E-state index contributed by atoms with van der Waals surface area (Å²) in [6, 6.07) is 0. The molecule has 9 heavy (non-hydrogen) atoms. The molecule has 0 saturated heterocycles. The maximum absolute atomic E-state index is 3.79. The number of hydrogen-bond acceptors (Lipinski definition) is 1. The fourth-order valence-electron chi connectivity index (χ4n) is 0.774. The van der Waals surface area contributed by atoms with Gasteiger partial charge in [-0.1, -0.05) is 26.7 Å². The highest BCUT2D eigenvalue weighted by Gasteiger charge is 2.00. The first kappa shape index (κ1) is 9.35. The van der Waals surface area contributed by atoms with E-state index in [1.54, 1.807) is 0 Å². The molecular formula is C8H17S. The first-order valence-corrected chi connectivity index (χ1v) is 4.87. The molecule has 0 aliphatic carbocycles. The van der Waals surface area contributed by atoms with E-state index in [1.807, 2.05) is 11.8 Å². The van der Waals surface area contributed by atoms with E-state index in [4.69, 9.17) is 0 Å². The third kappa shape index (κ3) is 4.83. The minimum Gasteiger partial charge on any atom is -0.162 e. The molecule has 0 N–H and O–H groups in total. The zero-order chi connectivity index (χ0) is 7.11. The summed E-state index contributed by atoms with van der Waals surface area (Å²) in [6.07, 6.45) is 2.65. The summed E-state index contributed by atoms with van der Waals surface area (Å²) in [5.74, 6) is 3.25. The molecule has 0 aliphatic heterocycles. The van der Waals surface area contributed by atoms with Crippen LogP contribution in [0.5, 0.6) is 0 Å². The van der Waals surface area contributed by atoms with Crippen LogP contribution in [0.4, 0.5) is 0 Å². The summed E-state index contributed by atoms with van der Waals surface area (Å²) >= 11 is 1.95. The van der Waals surface area contributed by atoms with Crippen molar-refractivity contribution in [3.8, 4) is 0 Å². The molecule has 0 aromatic rings. The zero-order valence-corrected chi connectivity index (χ0v) is 7.34. The van der Waals surface area contributed by atoms with E-state index < -0.39 is 0 Å². The van der Waals surface area contributed by atoms with Crippen LogP contribution in [0.15, 0.2) is 0 Å². The van der Waals surface area contributed by atoms with Crippen molar-refractivity contribution in [2.45, 2.75) is 26.7 Å². The van der Waals surface area contributed by atoms with Crippen LogP contribution in [0, 0.1) is 12.8 Å². The van der Waals surface area contributed by atoms with Gasteiger partial charge in [-0.25, -0.2) is 0 Å². The Morgan fingerprint density at radius 3 is 2.22 bits per heavy atom. The van der Waals surface area contributed by atoms with Crippen LogP contribution < -0.4 is 0 Å². The Morgan fingerprint density at radius 1 is 1.33 bits per heavy atom. The number of thioether (sulfide) groups is 1. The molecule has 0 aromatic heterocycles. The van der Waals surface area contributed by atoms with Gasteiger partial charge in [-0.3, -0.25) is 0 Å². The Hall–Kier alpha value is 0.350. The van der Waals surface area contributed by atoms with Gasteiger partial charge in [0.25, 0.3) is 0 Å². The van der Waals surface area contributed by atoms with Crippen molar-refractivity contribution in [2.75, 3.05) is 11.5 Å². The van der Waals surface area contributed by atoms with Gasteiger partial charge < -0.3 is 0 Å². The highest BCUT2D eigenvalue weighted by Crippen LogP contribution is 2.14. The highest BCUT2D eigenvalue weighted by atomic mass is 32.2. The summed E-state index contributed by atoms with van der Waals surface area (Å²) in [5, 5.41) is 0. The fourth-order valence-corrected chi connectivity index (χ4v) is 1.75. The van der Waals surface area contributed by atoms with Gasteiger partial charge in [-0.2, -0.15) is 11.8 Å². The Kier molecular flexibility index (Phi) is 6.72. The second kappa shape index (κ2) is 6.47. The van der Waals surface area contributed by atoms with Crippen LogP contribution in [0.3, 0.4) is 0 Å². The summed E-state index contributed by atoms with van der Waals surface area (Å²) in [4.78, 5) is 0. The largest absolute Gasteiger partial charge is 0.162 e. The molecule has 0 heterocycles. The minimum atomic E-state index is 0.928.